The quantitative estimate of drug-likeness (QED) is 0.455. The molecule has 126 valence electrons. The van der Waals surface area contributed by atoms with Crippen molar-refractivity contribution in [1.82, 2.24) is 10.3 Å². The van der Waals surface area contributed by atoms with Gasteiger partial charge in [-0.1, -0.05) is 24.3 Å². The Balaban J connectivity index is 1.79. The van der Waals surface area contributed by atoms with Gasteiger partial charge >= 0.3 is 0 Å². The van der Waals surface area contributed by atoms with Gasteiger partial charge in [-0.3, -0.25) is 10.1 Å². The van der Waals surface area contributed by atoms with E-state index in [1.54, 1.807) is 18.3 Å². The molecular formula is C18H14IN3O2S. The summed E-state index contributed by atoms with van der Waals surface area (Å²) in [5, 5.41) is 7.67. The summed E-state index contributed by atoms with van der Waals surface area (Å²) < 4.78 is 6.36. The summed E-state index contributed by atoms with van der Waals surface area (Å²) in [6.07, 6.45) is 1.71. The van der Waals surface area contributed by atoms with Crippen LogP contribution >= 0.6 is 34.8 Å². The third-order valence-corrected chi connectivity index (χ3v) is 4.35. The van der Waals surface area contributed by atoms with Crippen LogP contribution in [-0.4, -0.2) is 23.1 Å². The number of nitrogens with zero attached hydrogens (tertiary/aromatic N) is 1. The molecule has 0 aliphatic rings. The molecule has 0 saturated heterocycles. The van der Waals surface area contributed by atoms with Crippen LogP contribution in [0, 0.1) is 3.57 Å². The van der Waals surface area contributed by atoms with E-state index in [-0.39, 0.29) is 11.0 Å². The number of carbonyl (C=O) groups is 1. The lowest BCUT2D eigenvalue weighted by atomic mass is 10.1. The Kier molecular flexibility index (Phi) is 5.44. The fourth-order valence-electron chi connectivity index (χ4n) is 2.33. The van der Waals surface area contributed by atoms with Crippen molar-refractivity contribution in [2.45, 2.75) is 0 Å². The van der Waals surface area contributed by atoms with Crippen molar-refractivity contribution >= 4 is 62.4 Å². The number of hydrogen-bond donors (Lipinski definition) is 2. The number of ether oxygens (including phenoxy) is 1. The van der Waals surface area contributed by atoms with Gasteiger partial charge in [0.05, 0.1) is 12.7 Å². The number of hydrogen-bond acceptors (Lipinski definition) is 4. The van der Waals surface area contributed by atoms with Crippen molar-refractivity contribution in [2.24, 2.45) is 0 Å². The standard InChI is InChI=1S/C18H14IN3O2S/c1-24-15-9-12-5-3-2-4-11(12)8-14(15)17(23)22-18(25)21-16-7-6-13(19)10-20-16/h2-10H,1H3,(H2,20,21,22,23,25). The summed E-state index contributed by atoms with van der Waals surface area (Å²) in [4.78, 5) is 16.8. The maximum Gasteiger partial charge on any atom is 0.261 e. The molecule has 2 aromatic carbocycles. The van der Waals surface area contributed by atoms with Gasteiger partial charge in [-0.05, 0) is 69.8 Å². The third kappa shape index (κ3) is 4.23. The monoisotopic (exact) mass is 463 g/mol. The van der Waals surface area contributed by atoms with Crippen LogP contribution in [0.4, 0.5) is 5.82 Å². The van der Waals surface area contributed by atoms with Crippen LogP contribution < -0.4 is 15.4 Å². The van der Waals surface area contributed by atoms with Crippen LogP contribution in [0.25, 0.3) is 10.8 Å². The van der Waals surface area contributed by atoms with Crippen molar-refractivity contribution < 1.29 is 9.53 Å². The first-order valence-corrected chi connectivity index (χ1v) is 8.86. The van der Waals surface area contributed by atoms with E-state index >= 15 is 0 Å². The number of fused-ring (bicyclic) bond motifs is 1. The van der Waals surface area contributed by atoms with E-state index < -0.39 is 0 Å². The Morgan fingerprint density at radius 3 is 2.52 bits per heavy atom. The number of rotatable bonds is 3. The Morgan fingerprint density at radius 2 is 1.88 bits per heavy atom. The molecule has 7 heteroatoms. The van der Waals surface area contributed by atoms with Crippen LogP contribution in [-0.2, 0) is 0 Å². The zero-order chi connectivity index (χ0) is 17.8. The zero-order valence-electron chi connectivity index (χ0n) is 13.2. The van der Waals surface area contributed by atoms with E-state index in [2.05, 4.69) is 38.2 Å². The minimum atomic E-state index is -0.342. The number of halogens is 1. The maximum atomic E-state index is 12.6. The van der Waals surface area contributed by atoms with E-state index in [0.717, 1.165) is 14.3 Å². The number of benzene rings is 2. The highest BCUT2D eigenvalue weighted by atomic mass is 127. The molecule has 5 nitrogen and oxygen atoms in total. The second kappa shape index (κ2) is 7.75. The van der Waals surface area contributed by atoms with Crippen LogP contribution in [0.5, 0.6) is 5.75 Å². The van der Waals surface area contributed by atoms with Gasteiger partial charge in [-0.15, -0.1) is 0 Å². The van der Waals surface area contributed by atoms with E-state index in [1.807, 2.05) is 36.4 Å². The SMILES string of the molecule is COc1cc2ccccc2cc1C(=O)NC(=S)Nc1ccc(I)cn1. The number of amides is 1. The van der Waals surface area contributed by atoms with Crippen LogP contribution in [0.2, 0.25) is 0 Å². The van der Waals surface area contributed by atoms with Crippen LogP contribution in [0.1, 0.15) is 10.4 Å². The van der Waals surface area contributed by atoms with Crippen LogP contribution in [0.15, 0.2) is 54.7 Å². The highest BCUT2D eigenvalue weighted by Crippen LogP contribution is 2.25. The Hall–Kier alpha value is -2.26. The molecule has 0 fully saturated rings. The largest absolute Gasteiger partial charge is 0.496 e. The third-order valence-electron chi connectivity index (χ3n) is 3.51. The van der Waals surface area contributed by atoms with Crippen molar-refractivity contribution in [2.75, 3.05) is 12.4 Å². The summed E-state index contributed by atoms with van der Waals surface area (Å²) in [5.41, 5.74) is 0.418. The van der Waals surface area contributed by atoms with Crippen molar-refractivity contribution in [3.8, 4) is 5.75 Å². The summed E-state index contributed by atoms with van der Waals surface area (Å²) in [5.74, 6) is 0.716. The lowest BCUT2D eigenvalue weighted by molar-refractivity contribution is 0.0975. The summed E-state index contributed by atoms with van der Waals surface area (Å²) in [6.45, 7) is 0. The molecule has 0 atom stereocenters. The van der Waals surface area contributed by atoms with Crippen molar-refractivity contribution in [1.29, 1.82) is 0 Å². The van der Waals surface area contributed by atoms with Gasteiger partial charge in [0.15, 0.2) is 5.11 Å². The number of methoxy groups -OCH3 is 1. The van der Waals surface area contributed by atoms with Gasteiger partial charge in [-0.2, -0.15) is 0 Å². The maximum absolute atomic E-state index is 12.6. The fraction of sp³-hybridized carbons (Fsp3) is 0.0556. The predicted octanol–water partition coefficient (Wildman–Crippen LogP) is 3.97. The number of anilines is 1. The van der Waals surface area contributed by atoms with Gasteiger partial charge in [0.2, 0.25) is 0 Å². The Bertz CT molecular complexity index is 945. The van der Waals surface area contributed by atoms with E-state index in [0.29, 0.717) is 17.1 Å². The Labute approximate surface area is 163 Å². The van der Waals surface area contributed by atoms with Gasteiger partial charge in [0.1, 0.15) is 11.6 Å². The zero-order valence-corrected chi connectivity index (χ0v) is 16.2. The first-order valence-electron chi connectivity index (χ1n) is 7.37. The molecule has 0 bridgehead atoms. The summed E-state index contributed by atoms with van der Waals surface area (Å²) in [6, 6.07) is 15.1. The van der Waals surface area contributed by atoms with E-state index in [4.69, 9.17) is 17.0 Å². The molecule has 0 unspecified atom stereocenters. The van der Waals surface area contributed by atoms with Crippen molar-refractivity contribution in [3.63, 3.8) is 0 Å². The minimum Gasteiger partial charge on any atom is -0.496 e. The average molecular weight is 463 g/mol. The lowest BCUT2D eigenvalue weighted by Gasteiger charge is -2.12. The average Bonchev–Trinajstić information content (AvgIpc) is 2.62. The van der Waals surface area contributed by atoms with Crippen molar-refractivity contribution in [3.05, 3.63) is 63.9 Å². The molecule has 0 aliphatic carbocycles. The highest BCUT2D eigenvalue weighted by Gasteiger charge is 2.15. The molecular weight excluding hydrogens is 449 g/mol. The highest BCUT2D eigenvalue weighted by molar-refractivity contribution is 14.1. The topological polar surface area (TPSA) is 63.2 Å². The molecule has 1 amide bonds. The first-order chi connectivity index (χ1) is 12.1. The summed E-state index contributed by atoms with van der Waals surface area (Å²) in [7, 11) is 1.53. The molecule has 0 radical (unpaired) electrons. The fourth-order valence-corrected chi connectivity index (χ4v) is 2.85. The second-order valence-corrected chi connectivity index (χ2v) is 6.82. The van der Waals surface area contributed by atoms with Gasteiger partial charge in [0, 0.05) is 9.77 Å². The minimum absolute atomic E-state index is 0.175. The number of thiocarbonyl (C=S) groups is 1. The van der Waals surface area contributed by atoms with E-state index in [9.17, 15) is 4.79 Å². The molecule has 0 aliphatic heterocycles. The number of nitrogens with one attached hydrogen (secondary N) is 2. The number of carbonyl (C=O) groups excluding carboxylic acids is 1. The van der Waals surface area contributed by atoms with Gasteiger partial charge in [-0.25, -0.2) is 4.98 Å². The number of aromatic nitrogens is 1. The lowest BCUT2D eigenvalue weighted by Crippen LogP contribution is -2.34. The second-order valence-electron chi connectivity index (χ2n) is 5.17. The van der Waals surface area contributed by atoms with E-state index in [1.165, 1.54) is 7.11 Å². The summed E-state index contributed by atoms with van der Waals surface area (Å²) >= 11 is 7.36. The molecule has 0 saturated carbocycles. The normalized spacial score (nSPS) is 10.3. The molecule has 1 heterocycles. The van der Waals surface area contributed by atoms with Gasteiger partial charge in [0.25, 0.3) is 5.91 Å². The first kappa shape index (κ1) is 17.6. The molecule has 3 aromatic rings. The molecule has 1 aromatic heterocycles. The predicted molar refractivity (Wildman–Crippen MR) is 111 cm³/mol. The Morgan fingerprint density at radius 1 is 1.16 bits per heavy atom. The van der Waals surface area contributed by atoms with Gasteiger partial charge < -0.3 is 10.1 Å². The molecule has 0 spiro atoms. The molecule has 2 N–H and O–H groups in total. The molecule has 3 rings (SSSR count). The molecule has 25 heavy (non-hydrogen) atoms. The van der Waals surface area contributed by atoms with Crippen LogP contribution in [0.3, 0.4) is 0 Å². The number of pyridine rings is 1. The smallest absolute Gasteiger partial charge is 0.261 e.